The summed E-state index contributed by atoms with van der Waals surface area (Å²) in [6, 6.07) is 0.0294. The van der Waals surface area contributed by atoms with Gasteiger partial charge in [0, 0.05) is 18.0 Å². The highest BCUT2D eigenvalue weighted by molar-refractivity contribution is 7.09. The number of rotatable bonds is 5. The van der Waals surface area contributed by atoms with E-state index in [9.17, 15) is 4.79 Å². The van der Waals surface area contributed by atoms with E-state index >= 15 is 0 Å². The lowest BCUT2D eigenvalue weighted by molar-refractivity contribution is -0.121. The topological polar surface area (TPSA) is 68.0 Å². The average Bonchev–Trinajstić information content (AvgIpc) is 2.65. The molecule has 1 atom stereocenters. The zero-order valence-corrected chi connectivity index (χ0v) is 12.4. The predicted octanol–water partition coefficient (Wildman–Crippen LogP) is 1.56. The minimum Gasteiger partial charge on any atom is -0.352 e. The molecule has 0 saturated carbocycles. The molecular formula is C10H19Cl2N3OS. The minimum absolute atomic E-state index is 0. The van der Waals surface area contributed by atoms with Crippen LogP contribution in [0, 0.1) is 0 Å². The number of nitrogens with one attached hydrogen (secondary N) is 1. The molecule has 1 rings (SSSR count). The van der Waals surface area contributed by atoms with Gasteiger partial charge in [-0.2, -0.15) is 0 Å². The van der Waals surface area contributed by atoms with Crippen LogP contribution in [0.3, 0.4) is 0 Å². The molecule has 0 fully saturated rings. The second-order valence-electron chi connectivity index (χ2n) is 3.47. The van der Waals surface area contributed by atoms with Crippen LogP contribution in [0.15, 0.2) is 5.38 Å². The van der Waals surface area contributed by atoms with Gasteiger partial charge in [-0.1, -0.05) is 6.92 Å². The summed E-state index contributed by atoms with van der Waals surface area (Å²) in [4.78, 5) is 15.8. The van der Waals surface area contributed by atoms with E-state index in [1.807, 2.05) is 12.3 Å². The Hall–Kier alpha value is -0.360. The number of carbonyl (C=O) groups is 1. The van der Waals surface area contributed by atoms with E-state index in [1.54, 1.807) is 11.3 Å². The second-order valence-corrected chi connectivity index (χ2v) is 4.41. The molecule has 3 N–H and O–H groups in total. The smallest absolute Gasteiger partial charge is 0.226 e. The Morgan fingerprint density at radius 1 is 1.59 bits per heavy atom. The Bertz CT molecular complexity index is 333. The van der Waals surface area contributed by atoms with Crippen LogP contribution in [0.25, 0.3) is 0 Å². The van der Waals surface area contributed by atoms with Crippen molar-refractivity contribution in [2.24, 2.45) is 5.73 Å². The van der Waals surface area contributed by atoms with Crippen molar-refractivity contribution >= 4 is 42.1 Å². The van der Waals surface area contributed by atoms with Gasteiger partial charge >= 0.3 is 0 Å². The lowest BCUT2D eigenvalue weighted by Gasteiger charge is -2.09. The Morgan fingerprint density at radius 3 is 2.71 bits per heavy atom. The predicted molar refractivity (Wildman–Crippen MR) is 76.4 cm³/mol. The maximum Gasteiger partial charge on any atom is 0.226 e. The van der Waals surface area contributed by atoms with Crippen LogP contribution in [0.5, 0.6) is 0 Å². The van der Waals surface area contributed by atoms with E-state index in [0.717, 1.165) is 17.1 Å². The first-order chi connectivity index (χ1) is 7.15. The van der Waals surface area contributed by atoms with Gasteiger partial charge in [-0.05, 0) is 13.3 Å². The van der Waals surface area contributed by atoms with Crippen LogP contribution in [-0.4, -0.2) is 23.5 Å². The highest BCUT2D eigenvalue weighted by Crippen LogP contribution is 2.10. The zero-order valence-electron chi connectivity index (χ0n) is 9.93. The molecule has 1 amide bonds. The molecule has 1 heterocycles. The maximum absolute atomic E-state index is 11.5. The fourth-order valence-corrected chi connectivity index (χ4v) is 1.89. The number of thiazole rings is 1. The molecule has 0 radical (unpaired) electrons. The van der Waals surface area contributed by atoms with E-state index in [0.29, 0.717) is 13.0 Å². The molecule has 0 aliphatic rings. The van der Waals surface area contributed by atoms with Gasteiger partial charge in [-0.25, -0.2) is 4.98 Å². The second kappa shape index (κ2) is 9.65. The first kappa shape index (κ1) is 19.0. The number of carbonyl (C=O) groups excluding carboxylic acids is 1. The lowest BCUT2D eigenvalue weighted by Crippen LogP contribution is -2.38. The molecule has 0 aliphatic heterocycles. The van der Waals surface area contributed by atoms with Gasteiger partial charge in [0.15, 0.2) is 0 Å². The third-order valence-electron chi connectivity index (χ3n) is 2.00. The van der Waals surface area contributed by atoms with E-state index in [2.05, 4.69) is 17.2 Å². The highest BCUT2D eigenvalue weighted by atomic mass is 35.5. The maximum atomic E-state index is 11.5. The van der Waals surface area contributed by atoms with Crippen molar-refractivity contribution in [2.75, 3.05) is 6.54 Å². The summed E-state index contributed by atoms with van der Waals surface area (Å²) >= 11 is 1.60. The number of halogens is 2. The van der Waals surface area contributed by atoms with Gasteiger partial charge < -0.3 is 11.1 Å². The first-order valence-electron chi connectivity index (χ1n) is 5.08. The van der Waals surface area contributed by atoms with Gasteiger partial charge in [0.2, 0.25) is 5.91 Å². The Labute approximate surface area is 118 Å². The fraction of sp³-hybridized carbons (Fsp3) is 0.600. The molecule has 4 nitrogen and oxygen atoms in total. The van der Waals surface area contributed by atoms with Crippen molar-refractivity contribution in [3.8, 4) is 0 Å². The van der Waals surface area contributed by atoms with Crippen LogP contribution < -0.4 is 11.1 Å². The number of nitrogens with two attached hydrogens (primary N) is 1. The summed E-state index contributed by atoms with van der Waals surface area (Å²) in [7, 11) is 0. The van der Waals surface area contributed by atoms with Gasteiger partial charge in [0.1, 0.15) is 0 Å². The monoisotopic (exact) mass is 299 g/mol. The van der Waals surface area contributed by atoms with Crippen molar-refractivity contribution < 1.29 is 4.79 Å². The normalized spacial score (nSPS) is 11.0. The van der Waals surface area contributed by atoms with Crippen LogP contribution >= 0.6 is 36.2 Å². The molecule has 0 spiro atoms. The van der Waals surface area contributed by atoms with Crippen molar-refractivity contribution in [3.05, 3.63) is 16.1 Å². The van der Waals surface area contributed by atoms with E-state index in [1.165, 1.54) is 0 Å². The van der Waals surface area contributed by atoms with Crippen LogP contribution in [0.1, 0.15) is 24.5 Å². The van der Waals surface area contributed by atoms with Gasteiger partial charge in [-0.15, -0.1) is 36.2 Å². The summed E-state index contributed by atoms with van der Waals surface area (Å²) in [5.41, 5.74) is 6.26. The number of nitrogens with zero attached hydrogens (tertiary/aromatic N) is 1. The van der Waals surface area contributed by atoms with Gasteiger partial charge in [-0.3, -0.25) is 4.79 Å². The molecule has 0 aliphatic carbocycles. The third kappa shape index (κ3) is 6.83. The van der Waals surface area contributed by atoms with Gasteiger partial charge in [0.25, 0.3) is 0 Å². The van der Waals surface area contributed by atoms with Crippen molar-refractivity contribution in [2.45, 2.75) is 32.7 Å². The fourth-order valence-electron chi connectivity index (χ4n) is 1.14. The highest BCUT2D eigenvalue weighted by Gasteiger charge is 2.08. The summed E-state index contributed by atoms with van der Waals surface area (Å²) in [6.45, 7) is 4.40. The molecule has 0 aromatic carbocycles. The van der Waals surface area contributed by atoms with Crippen LogP contribution in [0.2, 0.25) is 0 Å². The number of hydrogen-bond donors (Lipinski definition) is 2. The van der Waals surface area contributed by atoms with E-state index < -0.39 is 0 Å². The van der Waals surface area contributed by atoms with E-state index in [-0.39, 0.29) is 36.8 Å². The lowest BCUT2D eigenvalue weighted by atomic mass is 10.3. The first-order valence-corrected chi connectivity index (χ1v) is 5.96. The quantitative estimate of drug-likeness (QED) is 0.867. The van der Waals surface area contributed by atoms with E-state index in [4.69, 9.17) is 5.73 Å². The SMILES string of the molecule is CCc1nc(CC(=O)N[C@@H](C)CN)cs1.Cl.Cl. The zero-order chi connectivity index (χ0) is 11.3. The Kier molecular flexibility index (Phi) is 10.8. The molecule has 7 heteroatoms. The average molecular weight is 300 g/mol. The van der Waals surface area contributed by atoms with Crippen LogP contribution in [-0.2, 0) is 17.6 Å². The summed E-state index contributed by atoms with van der Waals surface area (Å²) in [5, 5.41) is 5.82. The van der Waals surface area contributed by atoms with Gasteiger partial charge in [0.05, 0.1) is 17.1 Å². The standard InChI is InChI=1S/C10H17N3OS.2ClH/c1-3-10-13-8(6-15-10)4-9(14)12-7(2)5-11;;/h6-7H,3-5,11H2,1-2H3,(H,12,14);2*1H/t7-;;/m0../s1. The number of aryl methyl sites for hydroxylation is 1. The number of hydrogen-bond acceptors (Lipinski definition) is 4. The number of amides is 1. The summed E-state index contributed by atoms with van der Waals surface area (Å²) < 4.78 is 0. The molecule has 0 saturated heterocycles. The Morgan fingerprint density at radius 2 is 2.24 bits per heavy atom. The molecule has 0 bridgehead atoms. The molecule has 1 aromatic rings. The van der Waals surface area contributed by atoms with Crippen molar-refractivity contribution in [3.63, 3.8) is 0 Å². The molecule has 17 heavy (non-hydrogen) atoms. The third-order valence-corrected chi connectivity index (χ3v) is 3.05. The summed E-state index contributed by atoms with van der Waals surface area (Å²) in [6.07, 6.45) is 1.27. The molecule has 100 valence electrons. The minimum atomic E-state index is -0.0131. The molecule has 1 aromatic heterocycles. The Balaban J connectivity index is 0. The van der Waals surface area contributed by atoms with Crippen molar-refractivity contribution in [1.29, 1.82) is 0 Å². The number of aromatic nitrogens is 1. The van der Waals surface area contributed by atoms with Crippen molar-refractivity contribution in [1.82, 2.24) is 10.3 Å². The molecular weight excluding hydrogens is 281 g/mol. The summed E-state index contributed by atoms with van der Waals surface area (Å²) in [5.74, 6) is -0.0131. The largest absolute Gasteiger partial charge is 0.352 e. The van der Waals surface area contributed by atoms with Crippen LogP contribution in [0.4, 0.5) is 0 Å². The molecule has 0 unspecified atom stereocenters.